The largest absolute Gasteiger partial charge is 0.372 e. The molecule has 7 heteroatoms. The molecule has 0 saturated heterocycles. The molecule has 0 amide bonds. The molecule has 2 aromatic carbocycles. The summed E-state index contributed by atoms with van der Waals surface area (Å²) in [6, 6.07) is 12.5. The predicted octanol–water partition coefficient (Wildman–Crippen LogP) is 13.9. The fraction of sp³-hybridized carbons (Fsp3) is 0.667. The minimum atomic E-state index is -0.718. The van der Waals surface area contributed by atoms with Crippen molar-refractivity contribution in [1.29, 1.82) is 0 Å². The maximum atomic E-state index is 11.3. The van der Waals surface area contributed by atoms with Crippen LogP contribution in [0.25, 0.3) is 12.2 Å². The van der Waals surface area contributed by atoms with Gasteiger partial charge in [0.2, 0.25) is 0 Å². The second-order valence-electron chi connectivity index (χ2n) is 14.0. The van der Waals surface area contributed by atoms with Crippen molar-refractivity contribution in [3.63, 3.8) is 0 Å². The van der Waals surface area contributed by atoms with E-state index in [4.69, 9.17) is 0 Å². The van der Waals surface area contributed by atoms with Gasteiger partial charge in [0.05, 0.1) is 9.85 Å². The molecule has 0 aliphatic heterocycles. The summed E-state index contributed by atoms with van der Waals surface area (Å²) >= 11 is 0. The Balaban J connectivity index is 1.83. The monoisotopic (exact) mass is 678 g/mol. The van der Waals surface area contributed by atoms with Crippen LogP contribution in [0.2, 0.25) is 0 Å². The standard InChI is InChI=1S/C42H67N3O4/c1-3-5-7-9-11-13-15-17-19-21-23-25-35-43(36-26-24-22-20-18-16-14-12-10-8-6-4-2)40-32-29-38(30-33-40)27-28-39-31-34-41(44(46)47)42(37-39)45(48)49/h27-34,37H,3-26,35-36H2,1-2H3. The van der Waals surface area contributed by atoms with E-state index in [0.717, 1.165) is 18.7 Å². The zero-order valence-electron chi connectivity index (χ0n) is 31.1. The molecule has 0 N–H and O–H groups in total. The first kappa shape index (κ1) is 41.9. The van der Waals surface area contributed by atoms with Gasteiger partial charge in [0, 0.05) is 30.9 Å². The Morgan fingerprint density at radius 3 is 1.20 bits per heavy atom. The smallest absolute Gasteiger partial charge is 0.346 e. The first-order valence-electron chi connectivity index (χ1n) is 19.9. The van der Waals surface area contributed by atoms with E-state index in [1.807, 2.05) is 6.08 Å². The SMILES string of the molecule is CCCCCCCCCCCCCCN(CCCCCCCCCCCCCC)c1ccc(C=Cc2ccc([N+](=O)[O-])c([N+](=O)[O-])c2)cc1. The van der Waals surface area contributed by atoms with E-state index in [-0.39, 0.29) is 0 Å². The van der Waals surface area contributed by atoms with E-state index in [1.165, 1.54) is 172 Å². The quantitative estimate of drug-likeness (QED) is 0.0343. The van der Waals surface area contributed by atoms with E-state index < -0.39 is 21.2 Å². The van der Waals surface area contributed by atoms with Crippen LogP contribution >= 0.6 is 0 Å². The van der Waals surface area contributed by atoms with Crippen LogP contribution in [0.3, 0.4) is 0 Å². The van der Waals surface area contributed by atoms with Gasteiger partial charge in [-0.15, -0.1) is 0 Å². The number of rotatable bonds is 31. The Bertz CT molecular complexity index is 1150. The van der Waals surface area contributed by atoms with Gasteiger partial charge in [0.25, 0.3) is 0 Å². The molecule has 0 aliphatic rings. The molecular weight excluding hydrogens is 610 g/mol. The zero-order chi connectivity index (χ0) is 35.4. The van der Waals surface area contributed by atoms with Crippen molar-refractivity contribution < 1.29 is 9.85 Å². The molecule has 0 bridgehead atoms. The number of hydrogen-bond acceptors (Lipinski definition) is 5. The van der Waals surface area contributed by atoms with E-state index >= 15 is 0 Å². The van der Waals surface area contributed by atoms with Gasteiger partial charge in [-0.05, 0) is 42.2 Å². The third kappa shape index (κ3) is 19.5. The number of nitro benzene ring substituents is 2. The first-order valence-corrected chi connectivity index (χ1v) is 19.9. The Morgan fingerprint density at radius 1 is 0.469 bits per heavy atom. The molecule has 0 aliphatic carbocycles. The highest BCUT2D eigenvalue weighted by atomic mass is 16.6. The lowest BCUT2D eigenvalue weighted by atomic mass is 10.0. The van der Waals surface area contributed by atoms with Crippen LogP contribution in [0.1, 0.15) is 179 Å². The summed E-state index contributed by atoms with van der Waals surface area (Å²) in [6.07, 6.45) is 36.2. The van der Waals surface area contributed by atoms with Gasteiger partial charge in [0.1, 0.15) is 0 Å². The number of benzene rings is 2. The molecule has 49 heavy (non-hydrogen) atoms. The highest BCUT2D eigenvalue weighted by molar-refractivity contribution is 5.73. The van der Waals surface area contributed by atoms with Crippen molar-refractivity contribution in [2.75, 3.05) is 18.0 Å². The van der Waals surface area contributed by atoms with Gasteiger partial charge in [-0.3, -0.25) is 20.2 Å². The summed E-state index contributed by atoms with van der Waals surface area (Å²) < 4.78 is 0. The van der Waals surface area contributed by atoms with E-state index in [0.29, 0.717) is 5.56 Å². The molecule has 0 heterocycles. The highest BCUT2D eigenvalue weighted by Gasteiger charge is 2.23. The number of hydrogen-bond donors (Lipinski definition) is 0. The molecule has 0 saturated carbocycles. The highest BCUT2D eigenvalue weighted by Crippen LogP contribution is 2.28. The van der Waals surface area contributed by atoms with Crippen molar-refractivity contribution >= 4 is 29.2 Å². The van der Waals surface area contributed by atoms with Crippen molar-refractivity contribution in [3.8, 4) is 0 Å². The minimum absolute atomic E-state index is 0.492. The van der Waals surface area contributed by atoms with Gasteiger partial charge in [-0.2, -0.15) is 0 Å². The molecule has 2 aromatic rings. The van der Waals surface area contributed by atoms with Crippen molar-refractivity contribution in [2.45, 2.75) is 168 Å². The van der Waals surface area contributed by atoms with Gasteiger partial charge >= 0.3 is 11.4 Å². The molecule has 0 spiro atoms. The van der Waals surface area contributed by atoms with Crippen LogP contribution in [0.15, 0.2) is 42.5 Å². The van der Waals surface area contributed by atoms with Crippen LogP contribution in [0, 0.1) is 20.2 Å². The second-order valence-corrected chi connectivity index (χ2v) is 14.0. The van der Waals surface area contributed by atoms with Gasteiger partial charge < -0.3 is 4.90 Å². The summed E-state index contributed by atoms with van der Waals surface area (Å²) in [5.41, 5.74) is 1.80. The lowest BCUT2D eigenvalue weighted by Crippen LogP contribution is -2.25. The maximum Gasteiger partial charge on any atom is 0.346 e. The topological polar surface area (TPSA) is 89.5 Å². The number of nitrogens with zero attached hydrogens (tertiary/aromatic N) is 3. The molecular formula is C42H67N3O4. The number of anilines is 1. The van der Waals surface area contributed by atoms with Crippen LogP contribution in [0.5, 0.6) is 0 Å². The lowest BCUT2D eigenvalue weighted by molar-refractivity contribution is -0.422. The van der Waals surface area contributed by atoms with Crippen molar-refractivity contribution in [1.82, 2.24) is 0 Å². The van der Waals surface area contributed by atoms with E-state index in [1.54, 1.807) is 12.1 Å². The average molecular weight is 678 g/mol. The fourth-order valence-corrected chi connectivity index (χ4v) is 6.59. The Labute approximate surface area is 298 Å². The Kier molecular flexibility index (Phi) is 23.6. The molecule has 0 radical (unpaired) electrons. The predicted molar refractivity (Wildman–Crippen MR) is 209 cm³/mol. The van der Waals surface area contributed by atoms with Crippen molar-refractivity contribution in [2.24, 2.45) is 0 Å². The van der Waals surface area contributed by atoms with Crippen LogP contribution < -0.4 is 4.90 Å². The molecule has 0 atom stereocenters. The van der Waals surface area contributed by atoms with Gasteiger partial charge in [-0.25, -0.2) is 0 Å². The summed E-state index contributed by atoms with van der Waals surface area (Å²) in [7, 11) is 0. The molecule has 2 rings (SSSR count). The fourth-order valence-electron chi connectivity index (χ4n) is 6.59. The molecule has 0 fully saturated rings. The second kappa shape index (κ2) is 27.6. The summed E-state index contributed by atoms with van der Waals surface area (Å²) in [6.45, 7) is 6.72. The van der Waals surface area contributed by atoms with E-state index in [9.17, 15) is 20.2 Å². The first-order chi connectivity index (χ1) is 24.0. The van der Waals surface area contributed by atoms with Crippen LogP contribution in [-0.4, -0.2) is 22.9 Å². The Morgan fingerprint density at radius 2 is 0.816 bits per heavy atom. The molecule has 0 aromatic heterocycles. The zero-order valence-corrected chi connectivity index (χ0v) is 31.1. The number of unbranched alkanes of at least 4 members (excludes halogenated alkanes) is 22. The van der Waals surface area contributed by atoms with Gasteiger partial charge in [-0.1, -0.05) is 179 Å². The minimum Gasteiger partial charge on any atom is -0.372 e. The lowest BCUT2D eigenvalue weighted by Gasteiger charge is -2.25. The van der Waals surface area contributed by atoms with E-state index in [2.05, 4.69) is 43.0 Å². The average Bonchev–Trinajstić information content (AvgIpc) is 3.10. The maximum absolute atomic E-state index is 11.3. The number of nitro groups is 2. The third-order valence-electron chi connectivity index (χ3n) is 9.68. The Hall–Kier alpha value is -3.22. The van der Waals surface area contributed by atoms with Gasteiger partial charge in [0.15, 0.2) is 0 Å². The summed E-state index contributed by atoms with van der Waals surface area (Å²) in [4.78, 5) is 23.6. The molecule has 7 nitrogen and oxygen atoms in total. The normalized spacial score (nSPS) is 11.4. The van der Waals surface area contributed by atoms with Crippen molar-refractivity contribution in [3.05, 3.63) is 73.8 Å². The third-order valence-corrected chi connectivity index (χ3v) is 9.68. The summed E-state index contributed by atoms with van der Waals surface area (Å²) in [5.74, 6) is 0. The van der Waals surface area contributed by atoms with Crippen LogP contribution in [-0.2, 0) is 0 Å². The molecule has 0 unspecified atom stereocenters. The van der Waals surface area contributed by atoms with Crippen LogP contribution in [0.4, 0.5) is 17.1 Å². The summed E-state index contributed by atoms with van der Waals surface area (Å²) in [5, 5.41) is 22.5. The molecule has 274 valence electrons.